The van der Waals surface area contributed by atoms with Gasteiger partial charge in [0.2, 0.25) is 11.8 Å². The molecule has 0 saturated carbocycles. The van der Waals surface area contributed by atoms with E-state index in [2.05, 4.69) is 0 Å². The summed E-state index contributed by atoms with van der Waals surface area (Å²) in [6.45, 7) is 1.01. The van der Waals surface area contributed by atoms with Crippen molar-refractivity contribution < 1.29 is 23.8 Å². The molecule has 0 aromatic heterocycles. The molecule has 7 heteroatoms. The fourth-order valence-electron chi connectivity index (χ4n) is 3.06. The van der Waals surface area contributed by atoms with Gasteiger partial charge in [0, 0.05) is 13.1 Å². The van der Waals surface area contributed by atoms with Crippen molar-refractivity contribution >= 4 is 11.8 Å². The molecule has 1 aromatic carbocycles. The van der Waals surface area contributed by atoms with Gasteiger partial charge in [-0.3, -0.25) is 9.59 Å². The molecule has 0 radical (unpaired) electrons. The van der Waals surface area contributed by atoms with Crippen LogP contribution in [0.4, 0.5) is 4.39 Å². The molecule has 2 aliphatic rings. The lowest BCUT2D eigenvalue weighted by molar-refractivity contribution is -0.148. The maximum absolute atomic E-state index is 13.1. The second-order valence-electron chi connectivity index (χ2n) is 5.87. The fraction of sp³-hybridized carbons (Fsp3) is 0.500. The van der Waals surface area contributed by atoms with Crippen molar-refractivity contribution in [3.05, 3.63) is 35.6 Å². The van der Waals surface area contributed by atoms with Crippen LogP contribution in [0.3, 0.4) is 0 Å². The summed E-state index contributed by atoms with van der Waals surface area (Å²) in [7, 11) is 0. The Bertz CT molecular complexity index is 592. The summed E-state index contributed by atoms with van der Waals surface area (Å²) in [6.07, 6.45) is -0.205. The topological polar surface area (TPSA) is 70.1 Å². The number of carbonyl (C=O) groups is 2. The monoisotopic (exact) mass is 322 g/mol. The van der Waals surface area contributed by atoms with E-state index in [0.29, 0.717) is 19.6 Å². The van der Waals surface area contributed by atoms with Crippen molar-refractivity contribution in [2.45, 2.75) is 18.6 Å². The first-order valence-electron chi connectivity index (χ1n) is 7.63. The summed E-state index contributed by atoms with van der Waals surface area (Å²) in [5.41, 5.74) is 0.782. The van der Waals surface area contributed by atoms with Gasteiger partial charge in [0.15, 0.2) is 0 Å². The lowest BCUT2D eigenvalue weighted by Crippen LogP contribution is -2.48. The molecule has 1 N–H and O–H groups in total. The van der Waals surface area contributed by atoms with Crippen molar-refractivity contribution in [3.63, 3.8) is 0 Å². The molecule has 0 spiro atoms. The van der Waals surface area contributed by atoms with E-state index in [1.54, 1.807) is 17.0 Å². The van der Waals surface area contributed by atoms with Gasteiger partial charge in [-0.1, -0.05) is 12.1 Å². The largest absolute Gasteiger partial charge is 0.391 e. The number of rotatable bonds is 3. The zero-order valence-electron chi connectivity index (χ0n) is 12.7. The van der Waals surface area contributed by atoms with Crippen LogP contribution in [0.1, 0.15) is 18.0 Å². The number of hydrogen-bond donors (Lipinski definition) is 1. The number of aliphatic hydroxyl groups excluding tert-OH is 1. The van der Waals surface area contributed by atoms with E-state index in [1.165, 1.54) is 17.0 Å². The molecule has 23 heavy (non-hydrogen) atoms. The summed E-state index contributed by atoms with van der Waals surface area (Å²) in [5, 5.41) is 9.92. The van der Waals surface area contributed by atoms with Crippen LogP contribution in [0.15, 0.2) is 24.3 Å². The van der Waals surface area contributed by atoms with Crippen molar-refractivity contribution in [1.82, 2.24) is 9.80 Å². The highest BCUT2D eigenvalue weighted by atomic mass is 19.1. The van der Waals surface area contributed by atoms with Crippen LogP contribution < -0.4 is 0 Å². The van der Waals surface area contributed by atoms with Gasteiger partial charge in [-0.2, -0.15) is 0 Å². The highest BCUT2D eigenvalue weighted by Crippen LogP contribution is 2.32. The SMILES string of the molecule is O=C1COCCN1CC(=O)N1C[C@H](O)C[C@@H]1c1ccc(F)cc1. The molecule has 124 valence electrons. The number of amides is 2. The second-order valence-corrected chi connectivity index (χ2v) is 5.87. The Kier molecular flexibility index (Phi) is 4.58. The second kappa shape index (κ2) is 6.64. The number of halogens is 1. The van der Waals surface area contributed by atoms with Gasteiger partial charge in [0.05, 0.1) is 25.3 Å². The van der Waals surface area contributed by atoms with Crippen molar-refractivity contribution in [3.8, 4) is 0 Å². The van der Waals surface area contributed by atoms with Crippen LogP contribution in [-0.2, 0) is 14.3 Å². The summed E-state index contributed by atoms with van der Waals surface area (Å²) in [6, 6.07) is 5.63. The molecule has 6 nitrogen and oxygen atoms in total. The molecule has 0 aliphatic carbocycles. The van der Waals surface area contributed by atoms with Gasteiger partial charge >= 0.3 is 0 Å². The number of aliphatic hydroxyl groups is 1. The van der Waals surface area contributed by atoms with E-state index in [0.717, 1.165) is 5.56 Å². The average Bonchev–Trinajstić information content (AvgIpc) is 2.92. The zero-order chi connectivity index (χ0) is 16.4. The number of carbonyl (C=O) groups excluding carboxylic acids is 2. The van der Waals surface area contributed by atoms with Crippen molar-refractivity contribution in [1.29, 1.82) is 0 Å². The van der Waals surface area contributed by atoms with E-state index in [4.69, 9.17) is 4.74 Å². The Morgan fingerprint density at radius 1 is 1.35 bits per heavy atom. The summed E-state index contributed by atoms with van der Waals surface area (Å²) in [5.74, 6) is -0.766. The number of β-amino-alcohol motifs (C(OH)–C–C–N with tert-alkyl or cyclic N) is 1. The minimum atomic E-state index is -0.616. The minimum absolute atomic E-state index is 0.00268. The van der Waals surface area contributed by atoms with Gasteiger partial charge in [-0.15, -0.1) is 0 Å². The molecule has 1 aromatic rings. The van der Waals surface area contributed by atoms with Crippen LogP contribution in [0.5, 0.6) is 0 Å². The van der Waals surface area contributed by atoms with Crippen molar-refractivity contribution in [2.24, 2.45) is 0 Å². The Morgan fingerprint density at radius 3 is 2.78 bits per heavy atom. The fourth-order valence-corrected chi connectivity index (χ4v) is 3.06. The molecule has 3 rings (SSSR count). The Hall–Kier alpha value is -1.99. The van der Waals surface area contributed by atoms with Gasteiger partial charge in [-0.05, 0) is 24.1 Å². The van der Waals surface area contributed by atoms with E-state index in [-0.39, 0.29) is 43.4 Å². The van der Waals surface area contributed by atoms with Crippen LogP contribution in [0.2, 0.25) is 0 Å². The van der Waals surface area contributed by atoms with Crippen molar-refractivity contribution in [2.75, 3.05) is 32.8 Å². The Labute approximate surface area is 133 Å². The quantitative estimate of drug-likeness (QED) is 0.870. The summed E-state index contributed by atoms with van der Waals surface area (Å²) in [4.78, 5) is 27.3. The Balaban J connectivity index is 1.72. The highest BCUT2D eigenvalue weighted by Gasteiger charge is 2.36. The molecule has 2 amide bonds. The minimum Gasteiger partial charge on any atom is -0.391 e. The number of benzene rings is 1. The number of morpholine rings is 1. The number of ether oxygens (including phenoxy) is 1. The molecule has 0 unspecified atom stereocenters. The molecule has 2 atom stereocenters. The first kappa shape index (κ1) is 15.9. The maximum Gasteiger partial charge on any atom is 0.249 e. The molecule has 2 aliphatic heterocycles. The van der Waals surface area contributed by atoms with Gasteiger partial charge in [0.1, 0.15) is 12.4 Å². The van der Waals surface area contributed by atoms with Crippen LogP contribution in [0.25, 0.3) is 0 Å². The zero-order valence-corrected chi connectivity index (χ0v) is 12.7. The van der Waals surface area contributed by atoms with E-state index in [1.807, 2.05) is 0 Å². The van der Waals surface area contributed by atoms with Gasteiger partial charge in [0.25, 0.3) is 0 Å². The standard InChI is InChI=1S/C16H19FN2O4/c17-12-3-1-11(2-4-12)14-7-13(20)8-19(14)15(21)9-18-5-6-23-10-16(18)22/h1-4,13-14,20H,5-10H2/t13-,14-/m1/s1. The number of hydrogen-bond acceptors (Lipinski definition) is 4. The predicted octanol–water partition coefficient (Wildman–Crippen LogP) is 0.319. The van der Waals surface area contributed by atoms with E-state index < -0.39 is 6.10 Å². The maximum atomic E-state index is 13.1. The third-order valence-corrected chi connectivity index (χ3v) is 4.26. The lowest BCUT2D eigenvalue weighted by atomic mass is 10.0. The summed E-state index contributed by atoms with van der Waals surface area (Å²) >= 11 is 0. The van der Waals surface area contributed by atoms with E-state index in [9.17, 15) is 19.1 Å². The first-order valence-corrected chi connectivity index (χ1v) is 7.63. The molecule has 2 heterocycles. The molecule has 0 bridgehead atoms. The predicted molar refractivity (Wildman–Crippen MR) is 78.9 cm³/mol. The van der Waals surface area contributed by atoms with Gasteiger partial charge in [-0.25, -0.2) is 4.39 Å². The third kappa shape index (κ3) is 3.51. The number of likely N-dealkylation sites (tertiary alicyclic amines) is 1. The average molecular weight is 322 g/mol. The molecule has 2 saturated heterocycles. The van der Waals surface area contributed by atoms with Gasteiger partial charge < -0.3 is 19.6 Å². The normalized spacial score (nSPS) is 25.0. The highest BCUT2D eigenvalue weighted by molar-refractivity contribution is 5.86. The smallest absolute Gasteiger partial charge is 0.249 e. The molecular formula is C16H19FN2O4. The Morgan fingerprint density at radius 2 is 2.09 bits per heavy atom. The number of nitrogens with zero attached hydrogens (tertiary/aromatic N) is 2. The first-order chi connectivity index (χ1) is 11.0. The van der Waals surface area contributed by atoms with Crippen LogP contribution in [-0.4, -0.2) is 65.7 Å². The van der Waals surface area contributed by atoms with Crippen LogP contribution in [0, 0.1) is 5.82 Å². The molecular weight excluding hydrogens is 303 g/mol. The summed E-state index contributed by atoms with van der Waals surface area (Å²) < 4.78 is 18.1. The third-order valence-electron chi connectivity index (χ3n) is 4.26. The van der Waals surface area contributed by atoms with Crippen LogP contribution >= 0.6 is 0 Å². The lowest BCUT2D eigenvalue weighted by Gasteiger charge is -2.30. The van der Waals surface area contributed by atoms with E-state index >= 15 is 0 Å². The molecule has 2 fully saturated rings.